The summed E-state index contributed by atoms with van der Waals surface area (Å²) in [6, 6.07) is 15.6. The topological polar surface area (TPSA) is 79.0 Å². The van der Waals surface area contributed by atoms with Crippen LogP contribution in [0.15, 0.2) is 54.6 Å². The first-order chi connectivity index (χ1) is 13.6. The second-order valence-electron chi connectivity index (χ2n) is 6.15. The molecule has 0 bridgehead atoms. The van der Waals surface area contributed by atoms with Crippen molar-refractivity contribution in [1.82, 2.24) is 9.80 Å². The van der Waals surface area contributed by atoms with Crippen LogP contribution in [-0.4, -0.2) is 59.5 Å². The molecule has 1 aliphatic rings. The molecule has 28 heavy (non-hydrogen) atoms. The van der Waals surface area contributed by atoms with Crippen LogP contribution < -0.4 is 10.1 Å². The standard InChI is InChI=1S/C20H21N3O4S/c1-27-17-9-7-16(8-10-17)21-19(25)22-11-13-23(14-12-22)20(26)28-18(24)15-5-3-2-4-6-15/h2-10H,11-14H2,1H3,(H,21,25). The van der Waals surface area contributed by atoms with Gasteiger partial charge in [-0.05, 0) is 24.3 Å². The lowest BCUT2D eigenvalue weighted by Crippen LogP contribution is -2.51. The van der Waals surface area contributed by atoms with Crippen LogP contribution in [0, 0.1) is 0 Å². The van der Waals surface area contributed by atoms with Gasteiger partial charge in [0.15, 0.2) is 0 Å². The van der Waals surface area contributed by atoms with E-state index < -0.39 is 0 Å². The van der Waals surface area contributed by atoms with E-state index in [1.54, 1.807) is 65.4 Å². The fourth-order valence-electron chi connectivity index (χ4n) is 2.75. The molecule has 7 nitrogen and oxygen atoms in total. The molecule has 146 valence electrons. The van der Waals surface area contributed by atoms with E-state index in [9.17, 15) is 14.4 Å². The highest BCUT2D eigenvalue weighted by Gasteiger charge is 2.26. The average molecular weight is 399 g/mol. The van der Waals surface area contributed by atoms with Gasteiger partial charge < -0.3 is 19.9 Å². The highest BCUT2D eigenvalue weighted by molar-refractivity contribution is 8.26. The van der Waals surface area contributed by atoms with E-state index in [2.05, 4.69) is 5.32 Å². The number of rotatable bonds is 3. The summed E-state index contributed by atoms with van der Waals surface area (Å²) in [6.07, 6.45) is 0. The third kappa shape index (κ3) is 5.04. The van der Waals surface area contributed by atoms with Crippen LogP contribution in [0.5, 0.6) is 5.75 Å². The number of ether oxygens (including phenoxy) is 1. The number of carbonyl (C=O) groups is 3. The van der Waals surface area contributed by atoms with E-state index in [1.165, 1.54) is 0 Å². The van der Waals surface area contributed by atoms with Gasteiger partial charge in [-0.2, -0.15) is 0 Å². The van der Waals surface area contributed by atoms with Gasteiger partial charge in [0.25, 0.3) is 5.24 Å². The summed E-state index contributed by atoms with van der Waals surface area (Å²) in [4.78, 5) is 40.1. The molecule has 0 radical (unpaired) electrons. The normalized spacial score (nSPS) is 13.8. The van der Waals surface area contributed by atoms with Crippen LogP contribution in [-0.2, 0) is 0 Å². The molecule has 3 rings (SSSR count). The van der Waals surface area contributed by atoms with Crippen LogP contribution in [0.4, 0.5) is 15.3 Å². The Hall–Kier alpha value is -3.00. The Labute approximate surface area is 167 Å². The maximum Gasteiger partial charge on any atom is 0.321 e. The molecule has 1 fully saturated rings. The molecule has 0 saturated carbocycles. The summed E-state index contributed by atoms with van der Waals surface area (Å²) >= 11 is 0.692. The van der Waals surface area contributed by atoms with Gasteiger partial charge in [-0.1, -0.05) is 30.3 Å². The molecule has 3 amide bonds. The molecule has 8 heteroatoms. The number of amides is 3. The molecule has 1 heterocycles. The van der Waals surface area contributed by atoms with E-state index in [0.717, 1.165) is 0 Å². The minimum Gasteiger partial charge on any atom is -0.497 e. The van der Waals surface area contributed by atoms with Crippen molar-refractivity contribution in [1.29, 1.82) is 0 Å². The minimum atomic E-state index is -0.288. The first kappa shape index (κ1) is 19.8. The Balaban J connectivity index is 1.47. The number of hydrogen-bond acceptors (Lipinski definition) is 5. The smallest absolute Gasteiger partial charge is 0.321 e. The number of thioether (sulfide) groups is 1. The second-order valence-corrected chi connectivity index (χ2v) is 7.08. The molecule has 1 N–H and O–H groups in total. The Kier molecular flexibility index (Phi) is 6.54. The quantitative estimate of drug-likeness (QED) is 0.854. The average Bonchev–Trinajstić information content (AvgIpc) is 2.75. The molecule has 0 aromatic heterocycles. The van der Waals surface area contributed by atoms with Gasteiger partial charge in [0.1, 0.15) is 5.75 Å². The van der Waals surface area contributed by atoms with E-state index in [0.29, 0.717) is 54.9 Å². The lowest BCUT2D eigenvalue weighted by atomic mass is 10.2. The number of carbonyl (C=O) groups excluding carboxylic acids is 3. The number of nitrogens with one attached hydrogen (secondary N) is 1. The molecule has 1 saturated heterocycles. The lowest BCUT2D eigenvalue weighted by Gasteiger charge is -2.34. The fraction of sp³-hybridized carbons (Fsp3) is 0.250. The van der Waals surface area contributed by atoms with Crippen molar-refractivity contribution >= 4 is 33.8 Å². The van der Waals surface area contributed by atoms with E-state index in [1.807, 2.05) is 6.07 Å². The van der Waals surface area contributed by atoms with Crippen LogP contribution in [0.25, 0.3) is 0 Å². The number of methoxy groups -OCH3 is 1. The molecule has 2 aromatic rings. The van der Waals surface area contributed by atoms with Crippen molar-refractivity contribution in [3.63, 3.8) is 0 Å². The van der Waals surface area contributed by atoms with Crippen molar-refractivity contribution in [2.45, 2.75) is 0 Å². The predicted molar refractivity (Wildman–Crippen MR) is 109 cm³/mol. The van der Waals surface area contributed by atoms with Gasteiger partial charge in [-0.3, -0.25) is 9.59 Å². The number of hydrogen-bond donors (Lipinski definition) is 1. The first-order valence-electron chi connectivity index (χ1n) is 8.83. The molecule has 0 atom stereocenters. The summed E-state index contributed by atoms with van der Waals surface area (Å²) in [5.74, 6) is 0.715. The van der Waals surface area contributed by atoms with Crippen molar-refractivity contribution in [2.75, 3.05) is 38.6 Å². The van der Waals surface area contributed by atoms with Gasteiger partial charge in [0.2, 0.25) is 5.12 Å². The molecule has 0 spiro atoms. The maximum absolute atomic E-state index is 12.4. The van der Waals surface area contributed by atoms with Gasteiger partial charge >= 0.3 is 6.03 Å². The minimum absolute atomic E-state index is 0.217. The zero-order valence-electron chi connectivity index (χ0n) is 15.5. The number of urea groups is 1. The van der Waals surface area contributed by atoms with Crippen LogP contribution in [0.1, 0.15) is 10.4 Å². The highest BCUT2D eigenvalue weighted by atomic mass is 32.2. The lowest BCUT2D eigenvalue weighted by molar-refractivity contribution is 0.108. The fourth-order valence-corrected chi connectivity index (χ4v) is 3.47. The van der Waals surface area contributed by atoms with Crippen LogP contribution >= 0.6 is 11.8 Å². The van der Waals surface area contributed by atoms with Crippen molar-refractivity contribution in [3.05, 3.63) is 60.2 Å². The number of nitrogens with zero attached hydrogens (tertiary/aromatic N) is 2. The molecule has 1 aliphatic heterocycles. The van der Waals surface area contributed by atoms with Crippen LogP contribution in [0.3, 0.4) is 0 Å². The summed E-state index contributed by atoms with van der Waals surface area (Å²) in [5, 5.41) is 2.27. The monoisotopic (exact) mass is 399 g/mol. The zero-order valence-corrected chi connectivity index (χ0v) is 16.3. The maximum atomic E-state index is 12.4. The Bertz CT molecular complexity index is 834. The summed E-state index contributed by atoms with van der Waals surface area (Å²) in [6.45, 7) is 1.61. The van der Waals surface area contributed by atoms with Gasteiger partial charge in [0.05, 0.1) is 7.11 Å². The summed E-state index contributed by atoms with van der Waals surface area (Å²) < 4.78 is 5.09. The zero-order chi connectivity index (χ0) is 19.9. The van der Waals surface area contributed by atoms with E-state index >= 15 is 0 Å². The van der Waals surface area contributed by atoms with Gasteiger partial charge in [0, 0.05) is 49.2 Å². The van der Waals surface area contributed by atoms with Gasteiger partial charge in [-0.25, -0.2) is 4.79 Å². The van der Waals surface area contributed by atoms with E-state index in [4.69, 9.17) is 4.74 Å². The number of anilines is 1. The Morgan fingerprint density at radius 3 is 2.11 bits per heavy atom. The molecule has 0 unspecified atom stereocenters. The Morgan fingerprint density at radius 2 is 1.50 bits per heavy atom. The summed E-state index contributed by atoms with van der Waals surface area (Å²) in [7, 11) is 1.58. The molecule has 0 aliphatic carbocycles. The second kappa shape index (κ2) is 9.27. The van der Waals surface area contributed by atoms with Crippen molar-refractivity contribution < 1.29 is 19.1 Å². The molecule has 2 aromatic carbocycles. The molecular formula is C20H21N3O4S. The summed E-state index contributed by atoms with van der Waals surface area (Å²) in [5.41, 5.74) is 1.17. The predicted octanol–water partition coefficient (Wildman–Crippen LogP) is 3.54. The number of benzene rings is 2. The van der Waals surface area contributed by atoms with Gasteiger partial charge in [-0.15, -0.1) is 0 Å². The third-order valence-corrected chi connectivity index (χ3v) is 5.21. The third-order valence-electron chi connectivity index (χ3n) is 4.36. The van der Waals surface area contributed by atoms with Crippen LogP contribution in [0.2, 0.25) is 0 Å². The molecular weight excluding hydrogens is 378 g/mol. The van der Waals surface area contributed by atoms with Crippen molar-refractivity contribution in [2.24, 2.45) is 0 Å². The largest absolute Gasteiger partial charge is 0.497 e. The van der Waals surface area contributed by atoms with Crippen molar-refractivity contribution in [3.8, 4) is 5.75 Å². The highest BCUT2D eigenvalue weighted by Crippen LogP contribution is 2.19. The van der Waals surface area contributed by atoms with E-state index in [-0.39, 0.29) is 16.4 Å². The Morgan fingerprint density at radius 1 is 0.893 bits per heavy atom. The number of piperazine rings is 1. The SMILES string of the molecule is COc1ccc(NC(=O)N2CCN(C(=O)SC(=O)c3ccccc3)CC2)cc1. The first-order valence-corrected chi connectivity index (χ1v) is 9.64.